The van der Waals surface area contributed by atoms with Crippen molar-refractivity contribution >= 4 is 28.7 Å². The van der Waals surface area contributed by atoms with Crippen LogP contribution < -0.4 is 15.5 Å². The van der Waals surface area contributed by atoms with E-state index in [0.717, 1.165) is 62.2 Å². The molecule has 0 saturated carbocycles. The Hall–Kier alpha value is -1.54. The van der Waals surface area contributed by atoms with Gasteiger partial charge in [-0.2, -0.15) is 0 Å². The molecule has 134 valence electrons. The van der Waals surface area contributed by atoms with Crippen LogP contribution in [0, 0.1) is 6.92 Å². The summed E-state index contributed by atoms with van der Waals surface area (Å²) < 4.78 is 5.37. The minimum atomic E-state index is 0.715. The normalized spacial score (nSPS) is 15.1. The Morgan fingerprint density at radius 3 is 2.68 bits per heavy atom. The molecule has 5 nitrogen and oxygen atoms in total. The molecule has 0 bridgehead atoms. The number of thiocarbonyl (C=S) groups is 1. The van der Waals surface area contributed by atoms with Crippen LogP contribution in [-0.4, -0.2) is 49.5 Å². The zero-order chi connectivity index (χ0) is 17.5. The summed E-state index contributed by atoms with van der Waals surface area (Å²) in [6.45, 7) is 8.65. The fourth-order valence-corrected chi connectivity index (χ4v) is 3.59. The minimum absolute atomic E-state index is 0.715. The van der Waals surface area contributed by atoms with E-state index < -0.39 is 0 Å². The fraction of sp³-hybridized carbons (Fsp3) is 0.444. The van der Waals surface area contributed by atoms with Crippen LogP contribution in [0.3, 0.4) is 0 Å². The zero-order valence-corrected chi connectivity index (χ0v) is 16.1. The largest absolute Gasteiger partial charge is 0.370 e. The number of hydrogen-bond acceptors (Lipinski definition) is 4. The van der Waals surface area contributed by atoms with E-state index in [9.17, 15) is 0 Å². The Bertz CT molecular complexity index is 681. The number of ether oxygens (including phenoxy) is 1. The highest BCUT2D eigenvalue weighted by molar-refractivity contribution is 7.80. The third kappa shape index (κ3) is 5.74. The highest BCUT2D eigenvalue weighted by Crippen LogP contribution is 2.21. The van der Waals surface area contributed by atoms with Crippen molar-refractivity contribution in [3.8, 4) is 11.3 Å². The molecule has 3 rings (SSSR count). The van der Waals surface area contributed by atoms with Crippen LogP contribution in [0.4, 0.5) is 0 Å². The summed E-state index contributed by atoms with van der Waals surface area (Å²) in [6.07, 6.45) is 0. The van der Waals surface area contributed by atoms with Crippen LogP contribution in [0.5, 0.6) is 0 Å². The van der Waals surface area contributed by atoms with Gasteiger partial charge in [0.25, 0.3) is 0 Å². The molecule has 1 saturated heterocycles. The van der Waals surface area contributed by atoms with Gasteiger partial charge in [0, 0.05) is 17.5 Å². The Labute approximate surface area is 158 Å². The summed E-state index contributed by atoms with van der Waals surface area (Å²) >= 11 is 7.04. The van der Waals surface area contributed by atoms with Gasteiger partial charge in [0.2, 0.25) is 0 Å². The van der Waals surface area contributed by atoms with E-state index >= 15 is 0 Å². The van der Waals surface area contributed by atoms with E-state index in [2.05, 4.69) is 45.3 Å². The van der Waals surface area contributed by atoms with Gasteiger partial charge >= 0.3 is 0 Å². The fourth-order valence-electron chi connectivity index (χ4n) is 2.80. The number of nitrogens with zero attached hydrogens (tertiary/aromatic N) is 1. The van der Waals surface area contributed by atoms with E-state index in [1.165, 1.54) is 5.56 Å². The standard InChI is InChI=1S/C18H24N4OS2/c1-14-21-17(13-25-14)16-4-2-15(3-5-16)12-20-18(24)19-6-7-22-8-10-23-11-9-22/h2-5,13H,6-12H2,1H3,(H2,19,20,24)/p+1. The van der Waals surface area contributed by atoms with E-state index in [1.807, 2.05) is 6.92 Å². The average Bonchev–Trinajstić information content (AvgIpc) is 3.08. The molecule has 7 heteroatoms. The molecule has 1 aliphatic heterocycles. The molecule has 2 aromatic rings. The molecule has 0 atom stereocenters. The van der Waals surface area contributed by atoms with Crippen LogP contribution in [0.15, 0.2) is 29.6 Å². The molecule has 0 unspecified atom stereocenters. The number of nitrogens with one attached hydrogen (secondary N) is 3. The number of rotatable bonds is 6. The van der Waals surface area contributed by atoms with Crippen LogP contribution in [0.25, 0.3) is 11.3 Å². The molecule has 0 radical (unpaired) electrons. The zero-order valence-electron chi connectivity index (χ0n) is 14.5. The summed E-state index contributed by atoms with van der Waals surface area (Å²) in [7, 11) is 0. The van der Waals surface area contributed by atoms with Crippen molar-refractivity contribution in [1.29, 1.82) is 0 Å². The minimum Gasteiger partial charge on any atom is -0.370 e. The van der Waals surface area contributed by atoms with Crippen LogP contribution >= 0.6 is 23.6 Å². The van der Waals surface area contributed by atoms with Crippen molar-refractivity contribution in [2.45, 2.75) is 13.5 Å². The Morgan fingerprint density at radius 2 is 2.00 bits per heavy atom. The van der Waals surface area contributed by atoms with E-state index in [-0.39, 0.29) is 0 Å². The van der Waals surface area contributed by atoms with Crippen LogP contribution in [-0.2, 0) is 11.3 Å². The lowest BCUT2D eigenvalue weighted by atomic mass is 10.1. The molecular weight excluding hydrogens is 352 g/mol. The first-order valence-corrected chi connectivity index (χ1v) is 9.94. The third-order valence-electron chi connectivity index (χ3n) is 4.29. The molecule has 3 N–H and O–H groups in total. The molecule has 1 fully saturated rings. The quantitative estimate of drug-likeness (QED) is 0.656. The van der Waals surface area contributed by atoms with E-state index in [0.29, 0.717) is 5.11 Å². The molecule has 1 aliphatic rings. The molecule has 1 aromatic carbocycles. The molecular formula is C18H25N4OS2+. The van der Waals surface area contributed by atoms with Crippen LogP contribution in [0.2, 0.25) is 0 Å². The predicted molar refractivity (Wildman–Crippen MR) is 106 cm³/mol. The number of quaternary nitrogens is 1. The topological polar surface area (TPSA) is 50.6 Å². The van der Waals surface area contributed by atoms with Gasteiger partial charge in [0.15, 0.2) is 5.11 Å². The lowest BCUT2D eigenvalue weighted by Gasteiger charge is -2.24. The Balaban J connectivity index is 1.38. The van der Waals surface area contributed by atoms with Crippen LogP contribution in [0.1, 0.15) is 10.6 Å². The first kappa shape index (κ1) is 18.3. The van der Waals surface area contributed by atoms with Gasteiger partial charge in [-0.1, -0.05) is 24.3 Å². The molecule has 0 spiro atoms. The maximum Gasteiger partial charge on any atom is 0.166 e. The van der Waals surface area contributed by atoms with Crippen molar-refractivity contribution in [2.75, 3.05) is 39.4 Å². The number of thiazole rings is 1. The summed E-state index contributed by atoms with van der Waals surface area (Å²) in [6, 6.07) is 8.47. The number of aromatic nitrogens is 1. The number of morpholine rings is 1. The van der Waals surface area contributed by atoms with Gasteiger partial charge in [-0.25, -0.2) is 4.98 Å². The number of hydrogen-bond donors (Lipinski definition) is 3. The predicted octanol–water partition coefficient (Wildman–Crippen LogP) is 0.998. The highest BCUT2D eigenvalue weighted by atomic mass is 32.1. The van der Waals surface area contributed by atoms with E-state index in [4.69, 9.17) is 17.0 Å². The van der Waals surface area contributed by atoms with Gasteiger partial charge in [-0.05, 0) is 24.7 Å². The van der Waals surface area contributed by atoms with Gasteiger partial charge in [-0.15, -0.1) is 11.3 Å². The van der Waals surface area contributed by atoms with Gasteiger partial charge < -0.3 is 20.3 Å². The van der Waals surface area contributed by atoms with Crippen molar-refractivity contribution in [2.24, 2.45) is 0 Å². The molecule has 0 amide bonds. The van der Waals surface area contributed by atoms with Gasteiger partial charge in [0.05, 0.1) is 37.0 Å². The van der Waals surface area contributed by atoms with Crippen molar-refractivity contribution in [3.05, 3.63) is 40.2 Å². The van der Waals surface area contributed by atoms with Crippen molar-refractivity contribution < 1.29 is 9.64 Å². The summed E-state index contributed by atoms with van der Waals surface area (Å²) in [4.78, 5) is 6.10. The lowest BCUT2D eigenvalue weighted by molar-refractivity contribution is -0.906. The molecule has 0 aliphatic carbocycles. The smallest absolute Gasteiger partial charge is 0.166 e. The SMILES string of the molecule is Cc1nc(-c2ccc(CNC(=S)NCC[NH+]3CCOCC3)cc2)cs1. The lowest BCUT2D eigenvalue weighted by Crippen LogP contribution is -3.14. The second-order valence-corrected chi connectivity index (χ2v) is 7.64. The molecule has 2 heterocycles. The second-order valence-electron chi connectivity index (χ2n) is 6.17. The maximum absolute atomic E-state index is 5.37. The van der Waals surface area contributed by atoms with Crippen molar-refractivity contribution in [3.63, 3.8) is 0 Å². The van der Waals surface area contributed by atoms with Gasteiger partial charge in [-0.3, -0.25) is 0 Å². The first-order valence-electron chi connectivity index (χ1n) is 8.65. The summed E-state index contributed by atoms with van der Waals surface area (Å²) in [5.41, 5.74) is 3.41. The average molecular weight is 378 g/mol. The molecule has 25 heavy (non-hydrogen) atoms. The van der Waals surface area contributed by atoms with Gasteiger partial charge in [0.1, 0.15) is 13.1 Å². The number of benzene rings is 1. The second kappa shape index (κ2) is 9.24. The highest BCUT2D eigenvalue weighted by Gasteiger charge is 2.12. The Kier molecular flexibility index (Phi) is 6.75. The first-order chi connectivity index (χ1) is 12.2. The maximum atomic E-state index is 5.37. The Morgan fingerprint density at radius 1 is 1.24 bits per heavy atom. The summed E-state index contributed by atoms with van der Waals surface area (Å²) in [5.74, 6) is 0. The van der Waals surface area contributed by atoms with E-state index in [1.54, 1.807) is 16.2 Å². The molecule has 1 aromatic heterocycles. The summed E-state index contributed by atoms with van der Waals surface area (Å²) in [5, 5.41) is 10.5. The van der Waals surface area contributed by atoms with Crippen molar-refractivity contribution in [1.82, 2.24) is 15.6 Å². The number of aryl methyl sites for hydroxylation is 1. The third-order valence-corrected chi connectivity index (χ3v) is 5.35. The monoisotopic (exact) mass is 377 g/mol.